The summed E-state index contributed by atoms with van der Waals surface area (Å²) >= 11 is 1.07. The van der Waals surface area contributed by atoms with E-state index in [2.05, 4.69) is 5.32 Å². The van der Waals surface area contributed by atoms with Gasteiger partial charge in [-0.1, -0.05) is 37.1 Å². The van der Waals surface area contributed by atoms with Crippen LogP contribution >= 0.6 is 11.8 Å². The van der Waals surface area contributed by atoms with Crippen LogP contribution in [0.5, 0.6) is 0 Å². The molecular formula is C17H19F3N2O3S. The Hall–Kier alpha value is -1.90. The molecule has 2 aliphatic rings. The molecule has 1 N–H and O–H groups in total. The molecule has 0 aromatic heterocycles. The van der Waals surface area contributed by atoms with Crippen LogP contribution in [-0.4, -0.2) is 29.4 Å². The number of rotatable bonds is 3. The highest BCUT2D eigenvalue weighted by Crippen LogP contribution is 2.35. The lowest BCUT2D eigenvalue weighted by Crippen LogP contribution is -2.40. The lowest BCUT2D eigenvalue weighted by atomic mass is 9.96. The highest BCUT2D eigenvalue weighted by atomic mass is 32.2. The summed E-state index contributed by atoms with van der Waals surface area (Å²) in [4.78, 5) is 25.6. The van der Waals surface area contributed by atoms with Crippen LogP contribution in [0.2, 0.25) is 0 Å². The Morgan fingerprint density at radius 3 is 2.65 bits per heavy atom. The number of anilines is 1. The minimum absolute atomic E-state index is 0.0531. The fraction of sp³-hybridized carbons (Fsp3) is 0.529. The van der Waals surface area contributed by atoms with Gasteiger partial charge in [-0.2, -0.15) is 13.2 Å². The molecule has 2 fully saturated rings. The zero-order valence-corrected chi connectivity index (χ0v) is 14.7. The van der Waals surface area contributed by atoms with Gasteiger partial charge >= 0.3 is 12.3 Å². The van der Waals surface area contributed by atoms with Crippen LogP contribution in [-0.2, 0) is 15.7 Å². The highest BCUT2D eigenvalue weighted by Gasteiger charge is 2.38. The molecule has 142 valence electrons. The number of benzene rings is 1. The van der Waals surface area contributed by atoms with Gasteiger partial charge in [0.25, 0.3) is 5.91 Å². The summed E-state index contributed by atoms with van der Waals surface area (Å²) < 4.78 is 43.7. The van der Waals surface area contributed by atoms with Crippen molar-refractivity contribution in [1.82, 2.24) is 5.32 Å². The van der Waals surface area contributed by atoms with Crippen LogP contribution in [0.25, 0.3) is 0 Å². The molecule has 2 amide bonds. The van der Waals surface area contributed by atoms with E-state index in [9.17, 15) is 22.8 Å². The van der Waals surface area contributed by atoms with Crippen molar-refractivity contribution < 1.29 is 27.5 Å². The van der Waals surface area contributed by atoms with Gasteiger partial charge in [-0.25, -0.2) is 4.79 Å². The smallest absolute Gasteiger partial charge is 0.416 e. The number of alkyl carbamates (subject to hydrolysis) is 1. The summed E-state index contributed by atoms with van der Waals surface area (Å²) in [7, 11) is 0. The van der Waals surface area contributed by atoms with E-state index >= 15 is 0 Å². The van der Waals surface area contributed by atoms with E-state index in [1.54, 1.807) is 0 Å². The van der Waals surface area contributed by atoms with Crippen LogP contribution in [0.4, 0.5) is 23.7 Å². The van der Waals surface area contributed by atoms with Crippen molar-refractivity contribution in [2.75, 3.05) is 10.8 Å². The number of hydrogen-bond acceptors (Lipinski definition) is 4. The molecule has 1 aliphatic carbocycles. The molecule has 3 rings (SSSR count). The van der Waals surface area contributed by atoms with Crippen molar-refractivity contribution in [1.29, 1.82) is 0 Å². The molecule has 1 heterocycles. The lowest BCUT2D eigenvalue weighted by Gasteiger charge is -2.23. The van der Waals surface area contributed by atoms with Crippen LogP contribution in [0.15, 0.2) is 24.3 Å². The van der Waals surface area contributed by atoms with Gasteiger partial charge in [0.2, 0.25) is 5.44 Å². The number of amides is 2. The molecule has 0 radical (unpaired) electrons. The second-order valence-corrected chi connectivity index (χ2v) is 7.35. The van der Waals surface area contributed by atoms with Gasteiger partial charge in [0, 0.05) is 11.7 Å². The van der Waals surface area contributed by atoms with Gasteiger partial charge in [-0.05, 0) is 31.0 Å². The minimum atomic E-state index is -4.48. The van der Waals surface area contributed by atoms with E-state index in [0.29, 0.717) is 0 Å². The molecule has 1 saturated heterocycles. The number of ether oxygens (including phenoxy) is 1. The predicted octanol–water partition coefficient (Wildman–Crippen LogP) is 4.13. The zero-order valence-electron chi connectivity index (χ0n) is 13.9. The molecule has 1 aromatic carbocycles. The molecule has 0 spiro atoms. The third kappa shape index (κ3) is 4.44. The van der Waals surface area contributed by atoms with Crippen molar-refractivity contribution in [3.63, 3.8) is 0 Å². The van der Waals surface area contributed by atoms with Crippen LogP contribution in [0.3, 0.4) is 0 Å². The molecule has 26 heavy (non-hydrogen) atoms. The SMILES string of the molecule is O=C(NC1CCCCC1)OC1SCN(c2cccc(C(F)(F)F)c2)C1=O. The largest absolute Gasteiger partial charge is 0.425 e. The Labute approximate surface area is 153 Å². The Bertz CT molecular complexity index is 677. The van der Waals surface area contributed by atoms with Crippen LogP contribution < -0.4 is 10.2 Å². The summed E-state index contributed by atoms with van der Waals surface area (Å²) in [6.07, 6.45) is -0.128. The normalized spacial score (nSPS) is 21.7. The maximum atomic E-state index is 12.8. The number of thioether (sulfide) groups is 1. The average molecular weight is 388 g/mol. The molecule has 1 unspecified atom stereocenters. The molecule has 9 heteroatoms. The molecule has 1 atom stereocenters. The fourth-order valence-corrected chi connectivity index (χ4v) is 4.07. The minimum Gasteiger partial charge on any atom is -0.425 e. The first-order chi connectivity index (χ1) is 12.3. The third-order valence-corrected chi connectivity index (χ3v) is 5.46. The molecule has 1 aliphatic heterocycles. The van der Waals surface area contributed by atoms with Crippen molar-refractivity contribution in [2.24, 2.45) is 0 Å². The quantitative estimate of drug-likeness (QED) is 0.846. The van der Waals surface area contributed by atoms with E-state index in [1.165, 1.54) is 17.0 Å². The summed E-state index contributed by atoms with van der Waals surface area (Å²) in [5, 5.41) is 2.76. The van der Waals surface area contributed by atoms with Gasteiger partial charge < -0.3 is 10.1 Å². The average Bonchev–Trinajstić information content (AvgIpc) is 2.96. The van der Waals surface area contributed by atoms with Gasteiger partial charge in [-0.3, -0.25) is 9.69 Å². The molecule has 1 aromatic rings. The number of hydrogen-bond donors (Lipinski definition) is 1. The number of carbonyl (C=O) groups is 2. The maximum absolute atomic E-state index is 12.8. The summed E-state index contributed by atoms with van der Waals surface area (Å²) in [6.45, 7) is 0. The zero-order chi connectivity index (χ0) is 18.7. The number of nitrogens with zero attached hydrogens (tertiary/aromatic N) is 1. The van der Waals surface area contributed by atoms with E-state index < -0.39 is 29.2 Å². The standard InChI is InChI=1S/C17H19F3N2O3S/c18-17(19,20)11-5-4-8-13(9-11)22-10-26-15(14(22)23)25-16(24)21-12-6-2-1-3-7-12/h4-5,8-9,12,15H,1-3,6-7,10H2,(H,21,24). The summed E-state index contributed by atoms with van der Waals surface area (Å²) in [5.41, 5.74) is -1.74. The number of alkyl halides is 3. The van der Waals surface area contributed by atoms with Gasteiger partial charge in [0.05, 0.1) is 11.4 Å². The monoisotopic (exact) mass is 388 g/mol. The van der Waals surface area contributed by atoms with Crippen LogP contribution in [0, 0.1) is 0 Å². The van der Waals surface area contributed by atoms with Gasteiger partial charge in [-0.15, -0.1) is 0 Å². The number of nitrogens with one attached hydrogen (secondary N) is 1. The molecule has 5 nitrogen and oxygen atoms in total. The molecular weight excluding hydrogens is 369 g/mol. The van der Waals surface area contributed by atoms with Crippen molar-refractivity contribution in [3.8, 4) is 0 Å². The first kappa shape index (κ1) is 18.9. The third-order valence-electron chi connectivity index (χ3n) is 4.45. The fourth-order valence-electron chi connectivity index (χ4n) is 3.09. The van der Waals surface area contributed by atoms with Gasteiger partial charge in [0.15, 0.2) is 0 Å². The first-order valence-corrected chi connectivity index (χ1v) is 9.47. The number of halogens is 3. The molecule has 1 saturated carbocycles. The second-order valence-electron chi connectivity index (χ2n) is 6.33. The van der Waals surface area contributed by atoms with E-state index in [4.69, 9.17) is 4.74 Å². The Morgan fingerprint density at radius 1 is 1.23 bits per heavy atom. The maximum Gasteiger partial charge on any atom is 0.416 e. The predicted molar refractivity (Wildman–Crippen MR) is 91.7 cm³/mol. The first-order valence-electron chi connectivity index (χ1n) is 8.42. The van der Waals surface area contributed by atoms with Crippen molar-refractivity contribution >= 4 is 29.4 Å². The van der Waals surface area contributed by atoms with E-state index in [-0.39, 0.29) is 17.6 Å². The Balaban J connectivity index is 1.60. The second kappa shape index (κ2) is 7.77. The van der Waals surface area contributed by atoms with Crippen LogP contribution in [0.1, 0.15) is 37.7 Å². The van der Waals surface area contributed by atoms with Crippen molar-refractivity contribution in [3.05, 3.63) is 29.8 Å². The highest BCUT2D eigenvalue weighted by molar-refractivity contribution is 8.01. The molecule has 0 bridgehead atoms. The Kier molecular flexibility index (Phi) is 5.64. The van der Waals surface area contributed by atoms with Gasteiger partial charge in [0.1, 0.15) is 0 Å². The summed E-state index contributed by atoms with van der Waals surface area (Å²) in [5.74, 6) is -0.408. The van der Waals surface area contributed by atoms with E-state index in [0.717, 1.165) is 56.0 Å². The van der Waals surface area contributed by atoms with Crippen molar-refractivity contribution in [2.45, 2.75) is 49.8 Å². The number of carbonyl (C=O) groups excluding carboxylic acids is 2. The van der Waals surface area contributed by atoms with E-state index in [1.807, 2.05) is 0 Å². The Morgan fingerprint density at radius 2 is 1.96 bits per heavy atom. The summed E-state index contributed by atoms with van der Waals surface area (Å²) in [6, 6.07) is 4.60. The topological polar surface area (TPSA) is 58.6 Å². The lowest BCUT2D eigenvalue weighted by molar-refractivity contribution is -0.137.